The minimum absolute atomic E-state index is 0.0545. The zero-order chi connectivity index (χ0) is 36.5. The number of phenolic OH excluding ortho intramolecular Hbond substituents is 1. The van der Waals surface area contributed by atoms with Crippen molar-refractivity contribution >= 4 is 23.0 Å². The highest BCUT2D eigenvalue weighted by atomic mass is 16.7. The molecule has 0 amide bonds. The minimum atomic E-state index is -2.29. The lowest BCUT2D eigenvalue weighted by Crippen LogP contribution is -2.71. The second-order valence-electron chi connectivity index (χ2n) is 13.1. The number of fused-ring (bicyclic) bond motifs is 1. The molecule has 7 N–H and O–H groups in total. The highest BCUT2D eigenvalue weighted by molar-refractivity contribution is 5.82. The highest BCUT2D eigenvalue weighted by Gasteiger charge is 2.58. The van der Waals surface area contributed by atoms with Crippen LogP contribution in [0.25, 0.3) is 28.2 Å². The van der Waals surface area contributed by atoms with Crippen LogP contribution < -0.4 is 20.8 Å². The first-order valence-electron chi connectivity index (χ1n) is 17.1. The number of aliphatic carboxylic acids is 1. The smallest absolute Gasteiger partial charge is 0.335 e. The number of ether oxygens (including phenoxy) is 2. The molecule has 0 aliphatic carbocycles. The fraction of sp³-hybridized carbons (Fsp3) is 0.385. The molecule has 3 aromatic carbocycles. The Balaban J connectivity index is 1.33. The SMILES string of the molecule is CCCNCC(CNCC1(O)C(Oc2ccc3c(=O)c(-c4ccc(O)cc4)coc3c2)OC(C(=O)O)C(O)C1O)C(C)CC=Cc1ccccc1. The summed E-state index contributed by atoms with van der Waals surface area (Å²) in [7, 11) is 0. The summed E-state index contributed by atoms with van der Waals surface area (Å²) < 4.78 is 17.3. The number of allylic oxidation sites excluding steroid dienone is 1. The summed E-state index contributed by atoms with van der Waals surface area (Å²) in [6, 6.07) is 20.4. The average Bonchev–Trinajstić information content (AvgIpc) is 3.12. The molecule has 12 heteroatoms. The number of aliphatic hydroxyl groups is 3. The molecular weight excluding hydrogens is 656 g/mol. The van der Waals surface area contributed by atoms with E-state index in [9.17, 15) is 35.1 Å². The fourth-order valence-electron chi connectivity index (χ4n) is 6.17. The van der Waals surface area contributed by atoms with Gasteiger partial charge in [-0.3, -0.25) is 4.79 Å². The van der Waals surface area contributed by atoms with Crippen molar-refractivity contribution in [3.8, 4) is 22.6 Å². The van der Waals surface area contributed by atoms with Crippen LogP contribution in [0.1, 0.15) is 32.3 Å². The number of phenols is 1. The van der Waals surface area contributed by atoms with Gasteiger partial charge in [-0.1, -0.05) is 68.5 Å². The van der Waals surface area contributed by atoms with E-state index in [1.165, 1.54) is 36.6 Å². The van der Waals surface area contributed by atoms with E-state index in [4.69, 9.17) is 13.9 Å². The van der Waals surface area contributed by atoms with Gasteiger partial charge in [-0.15, -0.1) is 0 Å². The lowest BCUT2D eigenvalue weighted by atomic mass is 9.85. The summed E-state index contributed by atoms with van der Waals surface area (Å²) in [5, 5.41) is 59.9. The molecule has 12 nitrogen and oxygen atoms in total. The number of hydrogen-bond donors (Lipinski definition) is 7. The number of benzene rings is 3. The van der Waals surface area contributed by atoms with Crippen molar-refractivity contribution in [2.75, 3.05) is 26.2 Å². The summed E-state index contributed by atoms with van der Waals surface area (Å²) in [6.07, 6.45) is -0.297. The Hall–Kier alpha value is -4.56. The summed E-state index contributed by atoms with van der Waals surface area (Å²) >= 11 is 0. The van der Waals surface area contributed by atoms with Crippen molar-refractivity contribution in [2.24, 2.45) is 11.8 Å². The van der Waals surface area contributed by atoms with Crippen LogP contribution in [0.3, 0.4) is 0 Å². The van der Waals surface area contributed by atoms with E-state index >= 15 is 0 Å². The van der Waals surface area contributed by atoms with Crippen LogP contribution in [0, 0.1) is 11.8 Å². The molecule has 1 aromatic heterocycles. The fourth-order valence-corrected chi connectivity index (χ4v) is 6.17. The van der Waals surface area contributed by atoms with Crippen molar-refractivity contribution < 1.29 is 44.2 Å². The first-order valence-corrected chi connectivity index (χ1v) is 17.1. The van der Waals surface area contributed by atoms with Crippen LogP contribution in [0.2, 0.25) is 0 Å². The van der Waals surface area contributed by atoms with Crippen molar-refractivity contribution in [3.05, 3.63) is 101 Å². The van der Waals surface area contributed by atoms with E-state index in [1.807, 2.05) is 30.3 Å². The van der Waals surface area contributed by atoms with Gasteiger partial charge < -0.3 is 50.1 Å². The number of aromatic hydroxyl groups is 1. The van der Waals surface area contributed by atoms with Crippen LogP contribution in [0.4, 0.5) is 0 Å². The van der Waals surface area contributed by atoms with E-state index in [0.29, 0.717) is 18.7 Å². The van der Waals surface area contributed by atoms with Gasteiger partial charge in [0.05, 0.1) is 10.9 Å². The van der Waals surface area contributed by atoms with Gasteiger partial charge in [0.15, 0.2) is 17.1 Å². The second-order valence-corrected chi connectivity index (χ2v) is 13.1. The Morgan fingerprint density at radius 2 is 1.76 bits per heavy atom. The number of nitrogens with one attached hydrogen (secondary N) is 2. The van der Waals surface area contributed by atoms with Crippen LogP contribution in [0.5, 0.6) is 11.5 Å². The third-order valence-corrected chi connectivity index (χ3v) is 9.31. The number of carboxylic acids is 1. The second kappa shape index (κ2) is 17.1. The zero-order valence-corrected chi connectivity index (χ0v) is 28.6. The van der Waals surface area contributed by atoms with Gasteiger partial charge in [0.1, 0.15) is 35.6 Å². The molecule has 0 spiro atoms. The molecule has 0 radical (unpaired) electrons. The summed E-state index contributed by atoms with van der Waals surface area (Å²) in [5.74, 6) is -1.11. The number of carboxylic acid groups (broad SMARTS) is 1. The standard InChI is InChI=1S/C39H46N2O10/c1-3-18-40-20-27(24(2)8-7-11-25-9-5-4-6-10-25)21-41-23-39(48)36(45)34(44)35(37(46)47)51-38(39)50-29-16-17-30-32(19-29)49-22-31(33(30)43)26-12-14-28(42)15-13-26/h4-7,9-17,19,22,24,27,34-36,38,40-42,44-45,48H,3,8,18,20-21,23H2,1-2H3,(H,46,47). The van der Waals surface area contributed by atoms with Gasteiger partial charge in [-0.25, -0.2) is 4.79 Å². The van der Waals surface area contributed by atoms with E-state index in [0.717, 1.165) is 24.9 Å². The molecule has 4 aromatic rings. The maximum atomic E-state index is 13.3. The third-order valence-electron chi connectivity index (χ3n) is 9.31. The molecule has 0 bridgehead atoms. The predicted molar refractivity (Wildman–Crippen MR) is 192 cm³/mol. The van der Waals surface area contributed by atoms with Crippen molar-refractivity contribution in [2.45, 2.75) is 56.9 Å². The van der Waals surface area contributed by atoms with Gasteiger partial charge in [0.2, 0.25) is 6.29 Å². The molecule has 7 unspecified atom stereocenters. The number of hydrogen-bond acceptors (Lipinski definition) is 11. The van der Waals surface area contributed by atoms with E-state index in [2.05, 4.69) is 36.6 Å². The third kappa shape index (κ3) is 9.03. The van der Waals surface area contributed by atoms with Crippen LogP contribution in [-0.2, 0) is 9.53 Å². The zero-order valence-electron chi connectivity index (χ0n) is 28.6. The van der Waals surface area contributed by atoms with Gasteiger partial charge in [0, 0.05) is 12.6 Å². The minimum Gasteiger partial charge on any atom is -0.508 e. The van der Waals surface area contributed by atoms with Gasteiger partial charge in [-0.2, -0.15) is 0 Å². The van der Waals surface area contributed by atoms with Gasteiger partial charge >= 0.3 is 5.97 Å². The molecule has 1 fully saturated rings. The quantitative estimate of drug-likeness (QED) is 0.0839. The molecule has 1 aliphatic rings. The number of aliphatic hydroxyl groups excluding tert-OH is 2. The maximum absolute atomic E-state index is 13.3. The lowest BCUT2D eigenvalue weighted by Gasteiger charge is -2.47. The number of carbonyl (C=O) groups is 1. The van der Waals surface area contributed by atoms with Crippen molar-refractivity contribution in [3.63, 3.8) is 0 Å². The molecule has 0 saturated carbocycles. The summed E-state index contributed by atoms with van der Waals surface area (Å²) in [4.78, 5) is 25.2. The van der Waals surface area contributed by atoms with E-state index in [1.54, 1.807) is 12.1 Å². The molecule has 1 aliphatic heterocycles. The lowest BCUT2D eigenvalue weighted by molar-refractivity contribution is -0.311. The molecule has 272 valence electrons. The first kappa shape index (κ1) is 37.7. The van der Waals surface area contributed by atoms with E-state index in [-0.39, 0.29) is 51.8 Å². The summed E-state index contributed by atoms with van der Waals surface area (Å²) in [6.45, 7) is 5.86. The Labute approximate surface area is 296 Å². The molecule has 1 saturated heterocycles. The average molecular weight is 703 g/mol. The Kier molecular flexibility index (Phi) is 12.6. The van der Waals surface area contributed by atoms with Gasteiger partial charge in [0.25, 0.3) is 0 Å². The molecule has 51 heavy (non-hydrogen) atoms. The molecular formula is C39H46N2O10. The summed E-state index contributed by atoms with van der Waals surface area (Å²) in [5.41, 5.74) is -0.550. The first-order chi connectivity index (χ1) is 24.5. The highest BCUT2D eigenvalue weighted by Crippen LogP contribution is 2.33. The topological polar surface area (TPSA) is 191 Å². The van der Waals surface area contributed by atoms with E-state index < -0.39 is 36.2 Å². The Morgan fingerprint density at radius 1 is 1.04 bits per heavy atom. The normalized spacial score (nSPS) is 23.3. The Morgan fingerprint density at radius 3 is 2.47 bits per heavy atom. The van der Waals surface area contributed by atoms with Gasteiger partial charge in [-0.05, 0) is 79.7 Å². The van der Waals surface area contributed by atoms with Crippen LogP contribution in [-0.4, -0.2) is 87.9 Å². The molecule has 2 heterocycles. The van der Waals surface area contributed by atoms with Crippen LogP contribution in [0.15, 0.2) is 94.3 Å². The molecule has 7 atom stereocenters. The maximum Gasteiger partial charge on any atom is 0.335 e. The van der Waals surface area contributed by atoms with Crippen molar-refractivity contribution in [1.29, 1.82) is 0 Å². The number of rotatable bonds is 16. The Bertz CT molecular complexity index is 1830. The largest absolute Gasteiger partial charge is 0.508 e. The van der Waals surface area contributed by atoms with Crippen molar-refractivity contribution in [1.82, 2.24) is 10.6 Å². The van der Waals surface area contributed by atoms with Crippen LogP contribution >= 0.6 is 0 Å². The monoisotopic (exact) mass is 702 g/mol. The molecule has 5 rings (SSSR count). The predicted octanol–water partition coefficient (Wildman–Crippen LogP) is 3.75.